The van der Waals surface area contributed by atoms with Crippen molar-refractivity contribution in [1.29, 1.82) is 0 Å². The summed E-state index contributed by atoms with van der Waals surface area (Å²) in [5.74, 6) is 0. The third-order valence-electron chi connectivity index (χ3n) is 10.3. The molecular formula is C54H34N2S. The molecule has 0 aliphatic heterocycles. The van der Waals surface area contributed by atoms with Crippen LogP contribution in [-0.2, 0) is 0 Å². The zero-order chi connectivity index (χ0) is 54.0. The van der Waals surface area contributed by atoms with Crippen molar-refractivity contribution < 1.29 is 26.0 Å². The van der Waals surface area contributed by atoms with Crippen LogP contribution in [0.1, 0.15) is 26.0 Å². The van der Waals surface area contributed by atoms with Crippen molar-refractivity contribution >= 4 is 75.1 Å². The van der Waals surface area contributed by atoms with Gasteiger partial charge in [0.1, 0.15) is 0 Å². The Balaban J connectivity index is 1.17. The first-order valence-corrected chi connectivity index (χ1v) is 18.8. The zero-order valence-electron chi connectivity index (χ0n) is 48.5. The molecule has 3 aromatic heterocycles. The summed E-state index contributed by atoms with van der Waals surface area (Å²) in [5.41, 5.74) is 2.12. The summed E-state index contributed by atoms with van der Waals surface area (Å²) in [6, 6.07) is 17.1. The van der Waals surface area contributed by atoms with Gasteiger partial charge < -0.3 is 9.13 Å². The van der Waals surface area contributed by atoms with Crippen molar-refractivity contribution in [2.75, 3.05) is 0 Å². The Hall–Kier alpha value is -7.20. The Bertz CT molecular complexity index is 4590. The lowest BCUT2D eigenvalue weighted by atomic mass is 9.98. The van der Waals surface area contributed by atoms with E-state index in [0.717, 1.165) is 28.5 Å². The maximum Gasteiger partial charge on any atom is 0.0645 e. The number of rotatable bonds is 5. The Morgan fingerprint density at radius 1 is 0.368 bits per heavy atom. The predicted octanol–water partition coefficient (Wildman–Crippen LogP) is 15.2. The largest absolute Gasteiger partial charge is 0.309 e. The smallest absolute Gasteiger partial charge is 0.0645 e. The van der Waals surface area contributed by atoms with Crippen molar-refractivity contribution in [3.8, 4) is 44.8 Å². The number of nitrogens with zero attached hydrogens (tertiary/aromatic N) is 2. The molecule has 0 radical (unpaired) electrons. The molecule has 0 saturated carbocycles. The molecule has 0 fully saturated rings. The average molecular weight is 762 g/mol. The van der Waals surface area contributed by atoms with Crippen LogP contribution in [-0.4, -0.2) is 9.13 Å². The summed E-state index contributed by atoms with van der Waals surface area (Å²) < 4.78 is 175. The summed E-state index contributed by atoms with van der Waals surface area (Å²) in [6.45, 7) is 0. The second kappa shape index (κ2) is 12.7. The lowest BCUT2D eigenvalue weighted by Gasteiger charge is -2.11. The maximum absolute atomic E-state index is 9.77. The van der Waals surface area contributed by atoms with Gasteiger partial charge in [-0.2, -0.15) is 0 Å². The quantitative estimate of drug-likeness (QED) is 0.165. The first-order valence-electron chi connectivity index (χ1n) is 27.4. The molecule has 0 atom stereocenters. The van der Waals surface area contributed by atoms with E-state index in [1.807, 2.05) is 42.5 Å². The van der Waals surface area contributed by atoms with Gasteiger partial charge in [-0.1, -0.05) is 133 Å². The van der Waals surface area contributed by atoms with Crippen LogP contribution < -0.4 is 0 Å². The van der Waals surface area contributed by atoms with Crippen LogP contribution in [0, 0.1) is 0 Å². The fraction of sp³-hybridized carbons (Fsp3) is 0. The standard InChI is InChI=1S/C54H34N2S/c1-3-12-35(13-4-1)37-22-26-40(27-23-37)55-49-20-10-8-17-44(49)54-42(18-11-21-51(54)55)39-24-29-50-45(33-39)43-16-7-9-19-48(43)56(50)41-28-31-53-47(34-41)46-32-38(25-30-52(46)57-53)36-14-5-2-6-15-36/h1-34H/i5D,6D,7D,8D,9D,10D,11D,14D,15D,16D,19D,20D,21D,24D,25D,28D,30D,31D,32D. The number of hydrogen-bond acceptors (Lipinski definition) is 1. The summed E-state index contributed by atoms with van der Waals surface area (Å²) in [5, 5.41) is 0.835. The van der Waals surface area contributed by atoms with Gasteiger partial charge in [0.25, 0.3) is 0 Å². The van der Waals surface area contributed by atoms with Gasteiger partial charge in [0.2, 0.25) is 0 Å². The molecule has 0 aliphatic carbocycles. The fourth-order valence-corrected chi connectivity index (χ4v) is 8.72. The van der Waals surface area contributed by atoms with Gasteiger partial charge in [-0.25, -0.2) is 0 Å². The zero-order valence-corrected chi connectivity index (χ0v) is 30.3. The van der Waals surface area contributed by atoms with Crippen molar-refractivity contribution in [2.45, 2.75) is 0 Å². The maximum atomic E-state index is 9.77. The number of aromatic nitrogens is 2. The van der Waals surface area contributed by atoms with Crippen molar-refractivity contribution in [2.24, 2.45) is 0 Å². The van der Waals surface area contributed by atoms with E-state index in [1.54, 1.807) is 16.7 Å². The van der Waals surface area contributed by atoms with Crippen LogP contribution in [0.5, 0.6) is 0 Å². The summed E-state index contributed by atoms with van der Waals surface area (Å²) in [7, 11) is 0. The molecule has 57 heavy (non-hydrogen) atoms. The van der Waals surface area contributed by atoms with Crippen LogP contribution >= 0.6 is 11.3 Å². The lowest BCUT2D eigenvalue weighted by Crippen LogP contribution is -1.94. The second-order valence-electron chi connectivity index (χ2n) is 13.4. The van der Waals surface area contributed by atoms with E-state index in [2.05, 4.69) is 0 Å². The van der Waals surface area contributed by atoms with Crippen molar-refractivity contribution in [3.63, 3.8) is 0 Å². The van der Waals surface area contributed by atoms with E-state index in [4.69, 9.17) is 13.7 Å². The highest BCUT2D eigenvalue weighted by molar-refractivity contribution is 7.25. The third kappa shape index (κ3) is 5.03. The minimum Gasteiger partial charge on any atom is -0.309 e. The third-order valence-corrected chi connectivity index (χ3v) is 11.4. The first kappa shape index (κ1) is 18.6. The van der Waals surface area contributed by atoms with Crippen LogP contribution in [0.3, 0.4) is 0 Å². The summed E-state index contributed by atoms with van der Waals surface area (Å²) in [6.07, 6.45) is 0. The monoisotopic (exact) mass is 761 g/mol. The highest BCUT2D eigenvalue weighted by atomic mass is 32.1. The molecule has 0 unspecified atom stereocenters. The Kier molecular flexibility index (Phi) is 4.14. The molecule has 12 rings (SSSR count). The molecule has 266 valence electrons. The average Bonchev–Trinajstić information content (AvgIpc) is 4.08. The van der Waals surface area contributed by atoms with Gasteiger partial charge in [0, 0.05) is 53.1 Å². The highest BCUT2D eigenvalue weighted by Crippen LogP contribution is 2.43. The predicted molar refractivity (Wildman–Crippen MR) is 244 cm³/mol. The van der Waals surface area contributed by atoms with E-state index in [0.29, 0.717) is 5.69 Å². The molecule has 0 bridgehead atoms. The molecule has 0 spiro atoms. The Morgan fingerprint density at radius 3 is 1.98 bits per heavy atom. The topological polar surface area (TPSA) is 9.86 Å². The van der Waals surface area contributed by atoms with E-state index >= 15 is 0 Å². The van der Waals surface area contributed by atoms with Gasteiger partial charge in [-0.3, -0.25) is 0 Å². The van der Waals surface area contributed by atoms with Crippen LogP contribution in [0.2, 0.25) is 0 Å². The van der Waals surface area contributed by atoms with Crippen molar-refractivity contribution in [1.82, 2.24) is 9.13 Å². The molecule has 12 aromatic rings. The van der Waals surface area contributed by atoms with Crippen LogP contribution in [0.15, 0.2) is 206 Å². The summed E-state index contributed by atoms with van der Waals surface area (Å²) in [4.78, 5) is 0. The molecule has 0 aliphatic rings. The molecule has 0 amide bonds. The van der Waals surface area contributed by atoms with E-state index in [9.17, 15) is 12.3 Å². The number of thiophene rings is 1. The Labute approximate surface area is 360 Å². The lowest BCUT2D eigenvalue weighted by molar-refractivity contribution is 1.18. The Morgan fingerprint density at radius 2 is 1.11 bits per heavy atom. The minimum absolute atomic E-state index is 0.0150. The van der Waals surface area contributed by atoms with E-state index < -0.39 is 78.6 Å². The summed E-state index contributed by atoms with van der Waals surface area (Å²) >= 11 is 0.879. The fourth-order valence-electron chi connectivity index (χ4n) is 7.78. The SMILES string of the molecule is [2H]c1cc2c(cc1-c1cc([2H])c([2H])c3c1c1cc([2H])c([2H])c([2H])c1n3-c1ccc(-c3ccccc3)cc1)c1c([2H])c([2H])c([2H])c([2H])c1n2-c1cc2c(sc3c([2H])c([2H])c(-c4c([2H])c([2H])cc([2H])c4[2H])c([2H])c32)c([2H])c1[2H]. The molecule has 3 heteroatoms. The molecular weight excluding hydrogens is 709 g/mol. The molecule has 0 N–H and O–H groups in total. The molecule has 9 aromatic carbocycles. The van der Waals surface area contributed by atoms with Gasteiger partial charge >= 0.3 is 0 Å². The number of fused-ring (bicyclic) bond motifs is 9. The van der Waals surface area contributed by atoms with Gasteiger partial charge in [0.15, 0.2) is 0 Å². The van der Waals surface area contributed by atoms with E-state index in [1.165, 1.54) is 34.9 Å². The van der Waals surface area contributed by atoms with Crippen LogP contribution in [0.4, 0.5) is 0 Å². The second-order valence-corrected chi connectivity index (χ2v) is 14.5. The highest BCUT2D eigenvalue weighted by Gasteiger charge is 2.19. The molecule has 0 saturated heterocycles. The van der Waals surface area contributed by atoms with Crippen LogP contribution in [0.25, 0.3) is 109 Å². The minimum atomic E-state index is -0.627. The molecule has 2 nitrogen and oxygen atoms in total. The van der Waals surface area contributed by atoms with Gasteiger partial charge in [-0.15, -0.1) is 11.3 Å². The van der Waals surface area contributed by atoms with E-state index in [-0.39, 0.29) is 128 Å². The van der Waals surface area contributed by atoms with Gasteiger partial charge in [0.05, 0.1) is 48.1 Å². The van der Waals surface area contributed by atoms with Gasteiger partial charge in [-0.05, 0) is 106 Å². The first-order chi connectivity index (χ1) is 36.1. The van der Waals surface area contributed by atoms with Crippen molar-refractivity contribution in [3.05, 3.63) is 206 Å². The number of para-hydroxylation sites is 2. The normalized spacial score (nSPS) is 16.5. The number of benzene rings is 9. The number of hydrogen-bond donors (Lipinski definition) is 0. The molecule has 3 heterocycles.